The molecule has 0 unspecified atom stereocenters. The number of carbonyl (C=O) groups excluding carboxylic acids is 1. The first kappa shape index (κ1) is 21.4. The highest BCUT2D eigenvalue weighted by atomic mass is 16.7. The van der Waals surface area contributed by atoms with Crippen molar-refractivity contribution in [1.82, 2.24) is 14.9 Å². The monoisotopic (exact) mass is 415 g/mol. The Labute approximate surface area is 174 Å². The maximum atomic E-state index is 12.4. The zero-order chi connectivity index (χ0) is 21.7. The molecule has 0 bridgehead atoms. The molecule has 1 N–H and O–H groups in total. The average Bonchev–Trinajstić information content (AvgIpc) is 3.21. The van der Waals surface area contributed by atoms with Gasteiger partial charge in [-0.15, -0.1) is 0 Å². The van der Waals surface area contributed by atoms with Gasteiger partial charge < -0.3 is 29.0 Å². The Hall–Kier alpha value is -3.30. The Kier molecular flexibility index (Phi) is 6.76. The molecule has 0 fully saturated rings. The van der Waals surface area contributed by atoms with Gasteiger partial charge in [-0.3, -0.25) is 9.36 Å². The number of carbonyl (C=O) groups is 1. The van der Waals surface area contributed by atoms with Crippen LogP contribution in [0.15, 0.2) is 36.7 Å². The van der Waals surface area contributed by atoms with Gasteiger partial charge in [-0.2, -0.15) is 0 Å². The van der Waals surface area contributed by atoms with Gasteiger partial charge in [0.25, 0.3) is 5.91 Å². The van der Waals surface area contributed by atoms with E-state index in [1.54, 1.807) is 39.8 Å². The normalized spacial score (nSPS) is 11.0. The van der Waals surface area contributed by atoms with Crippen LogP contribution < -0.4 is 19.5 Å². The van der Waals surface area contributed by atoms with Gasteiger partial charge in [0, 0.05) is 31.9 Å². The Morgan fingerprint density at radius 1 is 1.00 bits per heavy atom. The van der Waals surface area contributed by atoms with E-state index >= 15 is 0 Å². The number of imidazole rings is 1. The third kappa shape index (κ3) is 4.17. The van der Waals surface area contributed by atoms with Gasteiger partial charge in [0.15, 0.2) is 17.8 Å². The first-order valence-electron chi connectivity index (χ1n) is 9.17. The predicted molar refractivity (Wildman–Crippen MR) is 111 cm³/mol. The molecule has 0 spiro atoms. The summed E-state index contributed by atoms with van der Waals surface area (Å²) in [5, 5.41) is 2.78. The van der Waals surface area contributed by atoms with E-state index < -0.39 is 6.29 Å². The molecule has 0 saturated carbocycles. The minimum absolute atomic E-state index is 0.238. The molecule has 1 heterocycles. The summed E-state index contributed by atoms with van der Waals surface area (Å²) in [6.07, 6.45) is 1.18. The van der Waals surface area contributed by atoms with Crippen LogP contribution in [0.4, 0.5) is 0 Å². The molecule has 30 heavy (non-hydrogen) atoms. The molecular weight excluding hydrogens is 390 g/mol. The van der Waals surface area contributed by atoms with Crippen molar-refractivity contribution in [1.29, 1.82) is 0 Å². The van der Waals surface area contributed by atoms with Gasteiger partial charge in [-0.25, -0.2) is 4.98 Å². The lowest BCUT2D eigenvalue weighted by Crippen LogP contribution is -2.34. The molecule has 0 atom stereocenters. The van der Waals surface area contributed by atoms with Crippen LogP contribution in [0.1, 0.15) is 10.4 Å². The minimum Gasteiger partial charge on any atom is -0.493 e. The number of amides is 1. The van der Waals surface area contributed by atoms with E-state index in [9.17, 15) is 4.79 Å². The summed E-state index contributed by atoms with van der Waals surface area (Å²) < 4.78 is 28.3. The molecule has 0 aliphatic rings. The second-order valence-corrected chi connectivity index (χ2v) is 6.31. The molecule has 160 valence electrons. The number of ether oxygens (including phenoxy) is 5. The van der Waals surface area contributed by atoms with Crippen molar-refractivity contribution in [2.45, 2.75) is 6.29 Å². The molecule has 3 aromatic rings. The Morgan fingerprint density at radius 2 is 1.67 bits per heavy atom. The van der Waals surface area contributed by atoms with Crippen molar-refractivity contribution in [3.05, 3.63) is 42.2 Å². The first-order chi connectivity index (χ1) is 14.6. The topological polar surface area (TPSA) is 93.1 Å². The third-order valence-electron chi connectivity index (χ3n) is 4.69. The van der Waals surface area contributed by atoms with Gasteiger partial charge in [-0.05, 0) is 18.2 Å². The van der Waals surface area contributed by atoms with Crippen molar-refractivity contribution in [3.8, 4) is 22.9 Å². The van der Waals surface area contributed by atoms with E-state index in [1.807, 2.05) is 22.8 Å². The van der Waals surface area contributed by atoms with E-state index in [0.717, 1.165) is 11.2 Å². The van der Waals surface area contributed by atoms with Crippen LogP contribution in [-0.4, -0.2) is 63.8 Å². The molecule has 3 rings (SSSR count). The molecule has 2 aromatic carbocycles. The molecule has 1 aromatic heterocycles. The third-order valence-corrected chi connectivity index (χ3v) is 4.69. The summed E-state index contributed by atoms with van der Waals surface area (Å²) in [6, 6.07) is 8.97. The van der Waals surface area contributed by atoms with Crippen LogP contribution in [0.25, 0.3) is 16.7 Å². The van der Waals surface area contributed by atoms with Crippen LogP contribution in [0.3, 0.4) is 0 Å². The number of rotatable bonds is 9. The molecule has 0 aliphatic heterocycles. The van der Waals surface area contributed by atoms with Crippen LogP contribution in [-0.2, 0) is 9.47 Å². The van der Waals surface area contributed by atoms with Crippen molar-refractivity contribution in [2.75, 3.05) is 42.1 Å². The highest BCUT2D eigenvalue weighted by Crippen LogP contribution is 2.39. The summed E-state index contributed by atoms with van der Waals surface area (Å²) >= 11 is 0. The molecule has 0 aliphatic carbocycles. The predicted octanol–water partition coefficient (Wildman–Crippen LogP) is 2.40. The number of aromatic nitrogens is 2. The van der Waals surface area contributed by atoms with E-state index in [-0.39, 0.29) is 12.5 Å². The van der Waals surface area contributed by atoms with E-state index in [4.69, 9.17) is 23.7 Å². The lowest BCUT2D eigenvalue weighted by atomic mass is 10.1. The maximum Gasteiger partial charge on any atom is 0.251 e. The zero-order valence-electron chi connectivity index (χ0n) is 17.6. The van der Waals surface area contributed by atoms with Gasteiger partial charge in [0.1, 0.15) is 6.33 Å². The Balaban J connectivity index is 1.92. The summed E-state index contributed by atoms with van der Waals surface area (Å²) in [5.74, 6) is 1.35. The lowest BCUT2D eigenvalue weighted by Gasteiger charge is -2.15. The van der Waals surface area contributed by atoms with E-state index in [2.05, 4.69) is 10.3 Å². The number of nitrogens with zero attached hydrogens (tertiary/aromatic N) is 2. The van der Waals surface area contributed by atoms with E-state index in [0.29, 0.717) is 28.3 Å². The van der Waals surface area contributed by atoms with E-state index in [1.165, 1.54) is 14.2 Å². The van der Waals surface area contributed by atoms with Gasteiger partial charge in [0.05, 0.1) is 44.6 Å². The number of fused-ring (bicyclic) bond motifs is 1. The molecular formula is C21H25N3O6. The van der Waals surface area contributed by atoms with Crippen molar-refractivity contribution in [3.63, 3.8) is 0 Å². The quantitative estimate of drug-likeness (QED) is 0.537. The standard InChI is InChI=1S/C21H25N3O6/c1-26-17-9-14(10-18(27-2)20(17)30-5)24-12-23-15-8-13(6-7-16(15)24)21(25)22-11-19(28-3)29-4/h6-10,12,19H,11H2,1-5H3,(H,22,25). The minimum atomic E-state index is -0.503. The van der Waals surface area contributed by atoms with Gasteiger partial charge in [-0.1, -0.05) is 0 Å². The number of nitrogens with one attached hydrogen (secondary N) is 1. The van der Waals surface area contributed by atoms with Crippen LogP contribution >= 0.6 is 0 Å². The largest absolute Gasteiger partial charge is 0.493 e. The van der Waals surface area contributed by atoms with Crippen LogP contribution in [0.2, 0.25) is 0 Å². The Morgan fingerprint density at radius 3 is 2.23 bits per heavy atom. The highest BCUT2D eigenvalue weighted by Gasteiger charge is 2.16. The van der Waals surface area contributed by atoms with Crippen LogP contribution in [0.5, 0.6) is 17.2 Å². The second-order valence-electron chi connectivity index (χ2n) is 6.31. The summed E-state index contributed by atoms with van der Waals surface area (Å²) in [6.45, 7) is 0.240. The van der Waals surface area contributed by atoms with Crippen LogP contribution in [0, 0.1) is 0 Å². The average molecular weight is 415 g/mol. The smallest absolute Gasteiger partial charge is 0.251 e. The number of hydrogen-bond donors (Lipinski definition) is 1. The fourth-order valence-electron chi connectivity index (χ4n) is 3.11. The molecule has 0 radical (unpaired) electrons. The molecule has 9 nitrogen and oxygen atoms in total. The summed E-state index contributed by atoms with van der Waals surface area (Å²) in [4.78, 5) is 16.9. The first-order valence-corrected chi connectivity index (χ1v) is 9.17. The second kappa shape index (κ2) is 9.47. The Bertz CT molecular complexity index is 1000. The lowest BCUT2D eigenvalue weighted by molar-refractivity contribution is -0.0974. The highest BCUT2D eigenvalue weighted by molar-refractivity contribution is 5.97. The van der Waals surface area contributed by atoms with Crippen molar-refractivity contribution in [2.24, 2.45) is 0 Å². The molecule has 1 amide bonds. The van der Waals surface area contributed by atoms with Gasteiger partial charge in [0.2, 0.25) is 5.75 Å². The fourth-order valence-corrected chi connectivity index (χ4v) is 3.11. The summed E-state index contributed by atoms with van der Waals surface area (Å²) in [7, 11) is 7.72. The number of benzene rings is 2. The van der Waals surface area contributed by atoms with Crippen molar-refractivity contribution < 1.29 is 28.5 Å². The molecule has 9 heteroatoms. The summed E-state index contributed by atoms with van der Waals surface area (Å²) in [5.41, 5.74) is 2.77. The number of methoxy groups -OCH3 is 5. The zero-order valence-corrected chi connectivity index (χ0v) is 17.6. The van der Waals surface area contributed by atoms with Gasteiger partial charge >= 0.3 is 0 Å². The number of hydrogen-bond acceptors (Lipinski definition) is 7. The fraction of sp³-hybridized carbons (Fsp3) is 0.333. The van der Waals surface area contributed by atoms with Crippen molar-refractivity contribution >= 4 is 16.9 Å². The SMILES string of the molecule is COc1cc(-n2cnc3cc(C(=O)NCC(OC)OC)ccc32)cc(OC)c1OC. The molecule has 0 saturated heterocycles. The maximum absolute atomic E-state index is 12.4.